The fourth-order valence-electron chi connectivity index (χ4n) is 2.08. The summed E-state index contributed by atoms with van der Waals surface area (Å²) < 4.78 is 5.66. The summed E-state index contributed by atoms with van der Waals surface area (Å²) in [5.74, 6) is 0.310. The van der Waals surface area contributed by atoms with Crippen molar-refractivity contribution in [1.29, 1.82) is 0 Å². The highest BCUT2D eigenvalue weighted by Crippen LogP contribution is 2.28. The van der Waals surface area contributed by atoms with E-state index < -0.39 is 4.92 Å². The number of nitrogens with one attached hydrogen (secondary N) is 1. The number of hydrogen-bond acceptors (Lipinski definition) is 4. The molecule has 0 aliphatic carbocycles. The van der Waals surface area contributed by atoms with Crippen LogP contribution in [-0.2, 0) is 13.2 Å². The van der Waals surface area contributed by atoms with Crippen LogP contribution in [0.3, 0.4) is 0 Å². The van der Waals surface area contributed by atoms with Crippen LogP contribution in [0.4, 0.5) is 5.69 Å². The van der Waals surface area contributed by atoms with Gasteiger partial charge in [-0.15, -0.1) is 0 Å². The number of benzene rings is 2. The molecule has 22 heavy (non-hydrogen) atoms. The highest BCUT2D eigenvalue weighted by atomic mass is 16.6. The third-order valence-electron chi connectivity index (χ3n) is 3.21. The molecule has 0 fully saturated rings. The Kier molecular flexibility index (Phi) is 5.91. The SMILES string of the molecule is CCCNCc1ccc([N+](=O)[O-])c(OCc2ccccc2)c1. The summed E-state index contributed by atoms with van der Waals surface area (Å²) in [6.45, 7) is 4.00. The predicted molar refractivity (Wildman–Crippen MR) is 85.9 cm³/mol. The van der Waals surface area contributed by atoms with Crippen molar-refractivity contribution in [2.75, 3.05) is 6.54 Å². The van der Waals surface area contributed by atoms with Gasteiger partial charge >= 0.3 is 5.69 Å². The Hall–Kier alpha value is -2.40. The van der Waals surface area contributed by atoms with Crippen LogP contribution < -0.4 is 10.1 Å². The zero-order chi connectivity index (χ0) is 15.8. The smallest absolute Gasteiger partial charge is 0.310 e. The van der Waals surface area contributed by atoms with Gasteiger partial charge < -0.3 is 10.1 Å². The van der Waals surface area contributed by atoms with Gasteiger partial charge in [-0.3, -0.25) is 10.1 Å². The average molecular weight is 300 g/mol. The van der Waals surface area contributed by atoms with Crippen LogP contribution in [0.5, 0.6) is 5.75 Å². The van der Waals surface area contributed by atoms with Crippen molar-refractivity contribution >= 4 is 5.69 Å². The van der Waals surface area contributed by atoms with E-state index in [0.29, 0.717) is 18.9 Å². The predicted octanol–water partition coefficient (Wildman–Crippen LogP) is 3.67. The van der Waals surface area contributed by atoms with Crippen molar-refractivity contribution in [3.8, 4) is 5.75 Å². The van der Waals surface area contributed by atoms with E-state index in [1.165, 1.54) is 6.07 Å². The van der Waals surface area contributed by atoms with Crippen molar-refractivity contribution in [2.24, 2.45) is 0 Å². The quantitative estimate of drug-likeness (QED) is 0.459. The van der Waals surface area contributed by atoms with Crippen LogP contribution in [0.15, 0.2) is 48.5 Å². The lowest BCUT2D eigenvalue weighted by atomic mass is 10.2. The van der Waals surface area contributed by atoms with Crippen molar-refractivity contribution in [3.63, 3.8) is 0 Å². The summed E-state index contributed by atoms with van der Waals surface area (Å²) in [4.78, 5) is 10.7. The molecule has 1 N–H and O–H groups in total. The maximum atomic E-state index is 11.1. The first-order chi connectivity index (χ1) is 10.7. The minimum absolute atomic E-state index is 0.00447. The molecule has 0 saturated carbocycles. The highest BCUT2D eigenvalue weighted by molar-refractivity contribution is 5.48. The zero-order valence-electron chi connectivity index (χ0n) is 12.6. The first kappa shape index (κ1) is 16.0. The molecular weight excluding hydrogens is 280 g/mol. The molecule has 0 atom stereocenters. The van der Waals surface area contributed by atoms with Crippen LogP contribution in [-0.4, -0.2) is 11.5 Å². The fourth-order valence-corrected chi connectivity index (χ4v) is 2.08. The van der Waals surface area contributed by atoms with E-state index in [4.69, 9.17) is 4.74 Å². The molecule has 5 heteroatoms. The monoisotopic (exact) mass is 300 g/mol. The number of hydrogen-bond donors (Lipinski definition) is 1. The van der Waals surface area contributed by atoms with E-state index in [9.17, 15) is 10.1 Å². The lowest BCUT2D eigenvalue weighted by molar-refractivity contribution is -0.386. The first-order valence-corrected chi connectivity index (χ1v) is 7.35. The molecule has 2 aromatic carbocycles. The van der Waals surface area contributed by atoms with Gasteiger partial charge in [-0.1, -0.05) is 43.3 Å². The van der Waals surface area contributed by atoms with Crippen molar-refractivity contribution < 1.29 is 9.66 Å². The van der Waals surface area contributed by atoms with Gasteiger partial charge in [0, 0.05) is 12.6 Å². The van der Waals surface area contributed by atoms with Gasteiger partial charge in [-0.25, -0.2) is 0 Å². The van der Waals surface area contributed by atoms with E-state index in [0.717, 1.165) is 24.1 Å². The van der Waals surface area contributed by atoms with Gasteiger partial charge in [0.25, 0.3) is 0 Å². The van der Waals surface area contributed by atoms with Gasteiger partial charge in [-0.05, 0) is 30.2 Å². The van der Waals surface area contributed by atoms with E-state index in [1.807, 2.05) is 30.3 Å². The molecule has 5 nitrogen and oxygen atoms in total. The number of nitro benzene ring substituents is 1. The molecule has 0 heterocycles. The molecule has 0 spiro atoms. The Balaban J connectivity index is 2.11. The fraction of sp³-hybridized carbons (Fsp3) is 0.294. The topological polar surface area (TPSA) is 64.4 Å². The molecule has 0 unspecified atom stereocenters. The number of nitro groups is 1. The minimum Gasteiger partial charge on any atom is -0.482 e. The van der Waals surface area contributed by atoms with Crippen LogP contribution in [0, 0.1) is 10.1 Å². The Morgan fingerprint density at radius 3 is 2.59 bits per heavy atom. The normalized spacial score (nSPS) is 10.4. The molecule has 0 aliphatic heterocycles. The maximum absolute atomic E-state index is 11.1. The molecule has 0 radical (unpaired) electrons. The van der Waals surface area contributed by atoms with Crippen molar-refractivity contribution in [1.82, 2.24) is 5.32 Å². The van der Waals surface area contributed by atoms with E-state index in [1.54, 1.807) is 12.1 Å². The first-order valence-electron chi connectivity index (χ1n) is 7.35. The van der Waals surface area contributed by atoms with Crippen molar-refractivity contribution in [2.45, 2.75) is 26.5 Å². The Morgan fingerprint density at radius 2 is 1.91 bits per heavy atom. The molecule has 2 aromatic rings. The van der Waals surface area contributed by atoms with Gasteiger partial charge in [0.2, 0.25) is 0 Å². The molecule has 0 amide bonds. The zero-order valence-corrected chi connectivity index (χ0v) is 12.6. The number of ether oxygens (including phenoxy) is 1. The van der Waals surface area contributed by atoms with Gasteiger partial charge in [0.05, 0.1) is 4.92 Å². The summed E-state index contributed by atoms with van der Waals surface area (Å²) in [5.41, 5.74) is 1.95. The van der Waals surface area contributed by atoms with Gasteiger partial charge in [0.15, 0.2) is 5.75 Å². The third kappa shape index (κ3) is 4.56. The van der Waals surface area contributed by atoms with Crippen LogP contribution >= 0.6 is 0 Å². The second kappa shape index (κ2) is 8.14. The summed E-state index contributed by atoms with van der Waals surface area (Å²) in [7, 11) is 0. The second-order valence-electron chi connectivity index (χ2n) is 5.01. The molecule has 2 rings (SSSR count). The third-order valence-corrected chi connectivity index (χ3v) is 3.21. The summed E-state index contributed by atoms with van der Waals surface area (Å²) in [5, 5.41) is 14.4. The molecule has 0 aromatic heterocycles. The summed E-state index contributed by atoms with van der Waals surface area (Å²) in [6.07, 6.45) is 1.05. The summed E-state index contributed by atoms with van der Waals surface area (Å²) >= 11 is 0. The number of rotatable bonds is 8. The molecular formula is C17H20N2O3. The van der Waals surface area contributed by atoms with Crippen molar-refractivity contribution in [3.05, 3.63) is 69.8 Å². The Bertz CT molecular complexity index is 615. The molecule has 0 aliphatic rings. The molecule has 0 bridgehead atoms. The minimum atomic E-state index is -0.413. The van der Waals surface area contributed by atoms with Crippen LogP contribution in [0.25, 0.3) is 0 Å². The van der Waals surface area contributed by atoms with E-state index in [-0.39, 0.29) is 5.69 Å². The Morgan fingerprint density at radius 1 is 1.14 bits per heavy atom. The maximum Gasteiger partial charge on any atom is 0.310 e. The van der Waals surface area contributed by atoms with Crippen LogP contribution in [0.1, 0.15) is 24.5 Å². The number of nitrogens with zero attached hydrogens (tertiary/aromatic N) is 1. The van der Waals surface area contributed by atoms with E-state index in [2.05, 4.69) is 12.2 Å². The summed E-state index contributed by atoms with van der Waals surface area (Å²) in [6, 6.07) is 14.6. The average Bonchev–Trinajstić information content (AvgIpc) is 2.54. The van der Waals surface area contributed by atoms with Gasteiger partial charge in [-0.2, -0.15) is 0 Å². The molecule has 116 valence electrons. The lowest BCUT2D eigenvalue weighted by Crippen LogP contribution is -2.13. The van der Waals surface area contributed by atoms with Gasteiger partial charge in [0.1, 0.15) is 6.61 Å². The second-order valence-corrected chi connectivity index (χ2v) is 5.01. The van der Waals surface area contributed by atoms with Crippen LogP contribution in [0.2, 0.25) is 0 Å². The highest BCUT2D eigenvalue weighted by Gasteiger charge is 2.15. The Labute approximate surface area is 130 Å². The standard InChI is InChI=1S/C17H20N2O3/c1-2-10-18-12-15-8-9-16(19(20)21)17(11-15)22-13-14-6-4-3-5-7-14/h3-9,11,18H,2,10,12-13H2,1H3. The lowest BCUT2D eigenvalue weighted by Gasteiger charge is -2.09. The van der Waals surface area contributed by atoms with E-state index >= 15 is 0 Å². The molecule has 0 saturated heterocycles. The largest absolute Gasteiger partial charge is 0.482 e.